The Kier molecular flexibility index (Phi) is 4.16. The van der Waals surface area contributed by atoms with Crippen molar-refractivity contribution in [3.8, 4) is 11.4 Å². The third-order valence-electron chi connectivity index (χ3n) is 3.43. The summed E-state index contributed by atoms with van der Waals surface area (Å²) < 4.78 is 7.60. The van der Waals surface area contributed by atoms with Gasteiger partial charge in [-0.1, -0.05) is 41.1 Å². The molecule has 0 fully saturated rings. The zero-order valence-corrected chi connectivity index (χ0v) is 12.4. The molecule has 0 unspecified atom stereocenters. The average Bonchev–Trinajstić information content (AvgIpc) is 2.97. The van der Waals surface area contributed by atoms with Crippen LogP contribution in [0.15, 0.2) is 54.6 Å². The molecule has 0 aliphatic rings. The molecule has 0 aliphatic heterocycles. The van der Waals surface area contributed by atoms with Crippen molar-refractivity contribution in [1.82, 2.24) is 15.0 Å². The number of nitrogens with two attached hydrogens (primary N) is 1. The Labute approximate surface area is 129 Å². The third-order valence-corrected chi connectivity index (χ3v) is 3.43. The minimum Gasteiger partial charge on any atom is -0.487 e. The predicted molar refractivity (Wildman–Crippen MR) is 84.8 cm³/mol. The molecule has 112 valence electrons. The molecule has 0 atom stereocenters. The van der Waals surface area contributed by atoms with Crippen LogP contribution in [0.25, 0.3) is 5.69 Å². The topological polar surface area (TPSA) is 66.0 Å². The lowest BCUT2D eigenvalue weighted by Gasteiger charge is -2.10. The maximum Gasteiger partial charge on any atom is 0.132 e. The van der Waals surface area contributed by atoms with Crippen LogP contribution in [0.5, 0.6) is 5.75 Å². The second kappa shape index (κ2) is 6.41. The lowest BCUT2D eigenvalue weighted by Crippen LogP contribution is -2.09. The molecule has 2 N–H and O–H groups in total. The normalized spacial score (nSPS) is 10.6. The molecular formula is C17H18N4O. The Bertz CT molecular complexity index is 735. The first-order valence-corrected chi connectivity index (χ1v) is 7.16. The fourth-order valence-electron chi connectivity index (χ4n) is 2.20. The van der Waals surface area contributed by atoms with E-state index in [9.17, 15) is 0 Å². The zero-order valence-electron chi connectivity index (χ0n) is 12.4. The Morgan fingerprint density at radius 2 is 1.77 bits per heavy atom. The number of hydrogen-bond donors (Lipinski definition) is 1. The number of ether oxygens (including phenoxy) is 1. The molecule has 5 heteroatoms. The van der Waals surface area contributed by atoms with Crippen LogP contribution in [0.3, 0.4) is 0 Å². The Balaban J connectivity index is 1.88. The second-order valence-corrected chi connectivity index (χ2v) is 5.04. The van der Waals surface area contributed by atoms with Crippen LogP contribution in [0, 0.1) is 6.92 Å². The van der Waals surface area contributed by atoms with E-state index in [2.05, 4.69) is 17.2 Å². The Morgan fingerprint density at radius 1 is 1.05 bits per heavy atom. The standard InChI is InChI=1S/C17H18N4O/c1-13-7-9-14(10-8-13)21-17(16(11-18)19-20-21)12-22-15-5-3-2-4-6-15/h2-10H,11-12,18H2,1H3. The molecule has 0 saturated carbocycles. The van der Waals surface area contributed by atoms with Gasteiger partial charge in [-0.2, -0.15) is 0 Å². The van der Waals surface area contributed by atoms with Crippen LogP contribution in [0.1, 0.15) is 17.0 Å². The molecule has 0 amide bonds. The first kappa shape index (κ1) is 14.3. The molecule has 0 aliphatic carbocycles. The lowest BCUT2D eigenvalue weighted by molar-refractivity contribution is 0.296. The molecule has 1 aromatic heterocycles. The van der Waals surface area contributed by atoms with E-state index in [0.29, 0.717) is 13.2 Å². The van der Waals surface area contributed by atoms with Gasteiger partial charge in [-0.3, -0.25) is 0 Å². The molecule has 0 saturated heterocycles. The van der Waals surface area contributed by atoms with Crippen molar-refractivity contribution >= 4 is 0 Å². The SMILES string of the molecule is Cc1ccc(-n2nnc(CN)c2COc2ccccc2)cc1. The Morgan fingerprint density at radius 3 is 2.45 bits per heavy atom. The zero-order chi connectivity index (χ0) is 15.4. The number of hydrogen-bond acceptors (Lipinski definition) is 4. The van der Waals surface area contributed by atoms with E-state index >= 15 is 0 Å². The van der Waals surface area contributed by atoms with Crippen LogP contribution in [-0.2, 0) is 13.2 Å². The van der Waals surface area contributed by atoms with E-state index in [-0.39, 0.29) is 0 Å². The maximum atomic E-state index is 5.82. The fraction of sp³-hybridized carbons (Fsp3) is 0.176. The van der Waals surface area contributed by atoms with E-state index in [1.165, 1.54) is 5.56 Å². The van der Waals surface area contributed by atoms with Gasteiger partial charge in [-0.15, -0.1) is 5.10 Å². The summed E-state index contributed by atoms with van der Waals surface area (Å²) in [6, 6.07) is 17.8. The van der Waals surface area contributed by atoms with Gasteiger partial charge in [0, 0.05) is 6.54 Å². The molecule has 5 nitrogen and oxygen atoms in total. The van der Waals surface area contributed by atoms with Crippen molar-refractivity contribution in [1.29, 1.82) is 0 Å². The van der Waals surface area contributed by atoms with Crippen LogP contribution in [0.4, 0.5) is 0 Å². The van der Waals surface area contributed by atoms with Crippen molar-refractivity contribution < 1.29 is 4.74 Å². The van der Waals surface area contributed by atoms with E-state index in [4.69, 9.17) is 10.5 Å². The Hall–Kier alpha value is -2.66. The quantitative estimate of drug-likeness (QED) is 0.785. The summed E-state index contributed by atoms with van der Waals surface area (Å²) in [6.07, 6.45) is 0. The molecule has 0 spiro atoms. The molecule has 2 aromatic carbocycles. The van der Waals surface area contributed by atoms with Crippen molar-refractivity contribution in [3.05, 3.63) is 71.5 Å². The third kappa shape index (κ3) is 2.99. The number of aryl methyl sites for hydroxylation is 1. The van der Waals surface area contributed by atoms with Crippen LogP contribution < -0.4 is 10.5 Å². The highest BCUT2D eigenvalue weighted by Crippen LogP contribution is 2.17. The van der Waals surface area contributed by atoms with Gasteiger partial charge in [0.1, 0.15) is 23.7 Å². The van der Waals surface area contributed by atoms with Crippen molar-refractivity contribution in [2.24, 2.45) is 5.73 Å². The van der Waals surface area contributed by atoms with Gasteiger partial charge < -0.3 is 10.5 Å². The van der Waals surface area contributed by atoms with Gasteiger partial charge in [0.2, 0.25) is 0 Å². The summed E-state index contributed by atoms with van der Waals surface area (Å²) in [7, 11) is 0. The van der Waals surface area contributed by atoms with E-state index in [1.807, 2.05) is 54.6 Å². The van der Waals surface area contributed by atoms with Gasteiger partial charge in [0.25, 0.3) is 0 Å². The molecule has 3 rings (SSSR count). The largest absolute Gasteiger partial charge is 0.487 e. The van der Waals surface area contributed by atoms with Gasteiger partial charge in [-0.05, 0) is 31.2 Å². The van der Waals surface area contributed by atoms with E-state index in [0.717, 1.165) is 22.8 Å². The van der Waals surface area contributed by atoms with Crippen LogP contribution in [0.2, 0.25) is 0 Å². The van der Waals surface area contributed by atoms with E-state index in [1.54, 1.807) is 4.68 Å². The number of rotatable bonds is 5. The van der Waals surface area contributed by atoms with Gasteiger partial charge >= 0.3 is 0 Å². The molecule has 0 radical (unpaired) electrons. The van der Waals surface area contributed by atoms with Crippen molar-refractivity contribution in [3.63, 3.8) is 0 Å². The molecule has 1 heterocycles. The maximum absolute atomic E-state index is 5.82. The summed E-state index contributed by atoms with van der Waals surface area (Å²) in [5.41, 5.74) is 9.53. The smallest absolute Gasteiger partial charge is 0.132 e. The monoisotopic (exact) mass is 294 g/mol. The fourth-order valence-corrected chi connectivity index (χ4v) is 2.20. The summed E-state index contributed by atoms with van der Waals surface area (Å²) in [5, 5.41) is 8.36. The van der Waals surface area contributed by atoms with E-state index < -0.39 is 0 Å². The van der Waals surface area contributed by atoms with Crippen LogP contribution >= 0.6 is 0 Å². The highest BCUT2D eigenvalue weighted by Gasteiger charge is 2.14. The van der Waals surface area contributed by atoms with Crippen molar-refractivity contribution in [2.75, 3.05) is 0 Å². The highest BCUT2D eigenvalue weighted by atomic mass is 16.5. The molecular weight excluding hydrogens is 276 g/mol. The van der Waals surface area contributed by atoms with Gasteiger partial charge in [0.05, 0.1) is 5.69 Å². The summed E-state index contributed by atoms with van der Waals surface area (Å²) in [4.78, 5) is 0. The van der Waals surface area contributed by atoms with Gasteiger partial charge in [0.15, 0.2) is 0 Å². The summed E-state index contributed by atoms with van der Waals surface area (Å²) >= 11 is 0. The number of aromatic nitrogens is 3. The number of nitrogens with zero attached hydrogens (tertiary/aromatic N) is 3. The molecule has 3 aromatic rings. The molecule has 0 bridgehead atoms. The number of benzene rings is 2. The minimum atomic E-state index is 0.333. The minimum absolute atomic E-state index is 0.333. The predicted octanol–water partition coefficient (Wildman–Crippen LogP) is 2.61. The first-order valence-electron chi connectivity index (χ1n) is 7.16. The van der Waals surface area contributed by atoms with Gasteiger partial charge in [-0.25, -0.2) is 4.68 Å². The lowest BCUT2D eigenvalue weighted by atomic mass is 10.2. The first-order chi connectivity index (χ1) is 10.8. The summed E-state index contributed by atoms with van der Waals surface area (Å²) in [5.74, 6) is 0.808. The van der Waals surface area contributed by atoms with Crippen molar-refractivity contribution in [2.45, 2.75) is 20.1 Å². The highest BCUT2D eigenvalue weighted by molar-refractivity contribution is 5.35. The average molecular weight is 294 g/mol. The second-order valence-electron chi connectivity index (χ2n) is 5.04. The van der Waals surface area contributed by atoms with Crippen LogP contribution in [-0.4, -0.2) is 15.0 Å². The number of para-hydroxylation sites is 1. The molecule has 22 heavy (non-hydrogen) atoms. The summed E-state index contributed by atoms with van der Waals surface area (Å²) in [6.45, 7) is 2.76.